The highest BCUT2D eigenvalue weighted by Crippen LogP contribution is 2.33. The van der Waals surface area contributed by atoms with Crippen LogP contribution in [0.3, 0.4) is 0 Å². The molecule has 170 valence electrons. The molecule has 10 heteroatoms. The van der Waals surface area contributed by atoms with Gasteiger partial charge in [0.15, 0.2) is 4.34 Å². The first-order valence-electron chi connectivity index (χ1n) is 10.3. The van der Waals surface area contributed by atoms with Crippen molar-refractivity contribution in [2.45, 2.75) is 30.4 Å². The van der Waals surface area contributed by atoms with E-state index in [9.17, 15) is 4.79 Å². The Hall–Kier alpha value is -2.95. The molecule has 0 aliphatic heterocycles. The molecule has 2 heterocycles. The normalized spacial score (nSPS) is 10.7. The predicted molar refractivity (Wildman–Crippen MR) is 136 cm³/mol. The standard InChI is InChI=1S/C23H23N5O2S3/c1-3-30-19-7-5-4-6-18(19)26-22-27-28-23(33-22)32-14-17-13-31-21(25-17)12-20(29)24-16-10-8-15(2)9-11-16/h4-11,13H,3,12,14H2,1-2H3,(H,24,29)(H,26,27). The van der Waals surface area contributed by atoms with Crippen LogP contribution in [0.2, 0.25) is 0 Å². The van der Waals surface area contributed by atoms with E-state index in [0.717, 1.165) is 37.7 Å². The fourth-order valence-corrected chi connectivity index (χ4v) is 5.45. The molecule has 4 aromatic rings. The molecule has 33 heavy (non-hydrogen) atoms. The SMILES string of the molecule is CCOc1ccccc1Nc1nnc(SCc2csc(CC(=O)Nc3ccc(C)cc3)n2)s1. The number of nitrogens with zero attached hydrogens (tertiary/aromatic N) is 3. The first-order chi connectivity index (χ1) is 16.1. The summed E-state index contributed by atoms with van der Waals surface area (Å²) < 4.78 is 6.49. The van der Waals surface area contributed by atoms with Crippen LogP contribution in [-0.2, 0) is 17.0 Å². The van der Waals surface area contributed by atoms with Gasteiger partial charge in [0.1, 0.15) is 10.8 Å². The van der Waals surface area contributed by atoms with Crippen LogP contribution in [0.4, 0.5) is 16.5 Å². The lowest BCUT2D eigenvalue weighted by molar-refractivity contribution is -0.115. The topological polar surface area (TPSA) is 89.0 Å². The summed E-state index contributed by atoms with van der Waals surface area (Å²) in [6.07, 6.45) is 0.259. The summed E-state index contributed by atoms with van der Waals surface area (Å²) >= 11 is 4.55. The molecule has 0 aliphatic carbocycles. The van der Waals surface area contributed by atoms with Crippen LogP contribution in [0.1, 0.15) is 23.2 Å². The van der Waals surface area contributed by atoms with E-state index in [2.05, 4.69) is 25.8 Å². The molecule has 0 saturated heterocycles. The Bertz CT molecular complexity index is 1210. The Balaban J connectivity index is 1.28. The number of thiazole rings is 1. The van der Waals surface area contributed by atoms with Gasteiger partial charge in [0.2, 0.25) is 11.0 Å². The molecule has 0 fully saturated rings. The lowest BCUT2D eigenvalue weighted by Gasteiger charge is -2.09. The van der Waals surface area contributed by atoms with E-state index in [1.807, 2.05) is 67.8 Å². The van der Waals surface area contributed by atoms with Gasteiger partial charge in [-0.2, -0.15) is 0 Å². The van der Waals surface area contributed by atoms with Gasteiger partial charge in [-0.05, 0) is 38.1 Å². The van der Waals surface area contributed by atoms with Crippen LogP contribution in [0.15, 0.2) is 58.3 Å². The van der Waals surface area contributed by atoms with Crippen LogP contribution in [0.5, 0.6) is 5.75 Å². The third kappa shape index (κ3) is 6.77. The second-order valence-corrected chi connectivity index (χ2v) is 10.2. The summed E-state index contributed by atoms with van der Waals surface area (Å²) in [5.41, 5.74) is 3.74. The summed E-state index contributed by atoms with van der Waals surface area (Å²) in [6.45, 7) is 4.57. The number of rotatable bonds is 10. The average Bonchev–Trinajstić information content (AvgIpc) is 3.44. The molecule has 0 atom stereocenters. The Morgan fingerprint density at radius 3 is 2.76 bits per heavy atom. The summed E-state index contributed by atoms with van der Waals surface area (Å²) in [5, 5.41) is 18.1. The first kappa shape index (κ1) is 23.2. The number of thioether (sulfide) groups is 1. The van der Waals surface area contributed by atoms with Gasteiger partial charge < -0.3 is 15.4 Å². The van der Waals surface area contributed by atoms with Gasteiger partial charge in [0.05, 0.1) is 24.4 Å². The third-order valence-electron chi connectivity index (χ3n) is 4.42. The van der Waals surface area contributed by atoms with Gasteiger partial charge in [-0.15, -0.1) is 21.5 Å². The minimum absolute atomic E-state index is 0.0698. The zero-order valence-electron chi connectivity index (χ0n) is 18.2. The molecule has 4 rings (SSSR count). The maximum Gasteiger partial charge on any atom is 0.231 e. The van der Waals surface area contributed by atoms with Crippen molar-refractivity contribution in [3.8, 4) is 5.75 Å². The van der Waals surface area contributed by atoms with Crippen molar-refractivity contribution in [1.82, 2.24) is 15.2 Å². The fraction of sp³-hybridized carbons (Fsp3) is 0.217. The fourth-order valence-electron chi connectivity index (χ4n) is 2.90. The number of nitrogens with one attached hydrogen (secondary N) is 2. The number of carbonyl (C=O) groups excluding carboxylic acids is 1. The van der Waals surface area contributed by atoms with Crippen LogP contribution >= 0.6 is 34.4 Å². The van der Waals surface area contributed by atoms with E-state index < -0.39 is 0 Å². The molecule has 0 saturated carbocycles. The molecule has 7 nitrogen and oxygen atoms in total. The second-order valence-electron chi connectivity index (χ2n) is 7.04. The van der Waals surface area contributed by atoms with E-state index in [1.165, 1.54) is 22.7 Å². The molecule has 2 aromatic carbocycles. The lowest BCUT2D eigenvalue weighted by Crippen LogP contribution is -2.14. The molecular weight excluding hydrogens is 474 g/mol. The Kier molecular flexibility index (Phi) is 7.92. The van der Waals surface area contributed by atoms with Crippen molar-refractivity contribution in [2.24, 2.45) is 0 Å². The summed E-state index contributed by atoms with van der Waals surface area (Å²) in [4.78, 5) is 16.9. The highest BCUT2D eigenvalue weighted by Gasteiger charge is 2.11. The van der Waals surface area contributed by atoms with Gasteiger partial charge in [-0.25, -0.2) is 4.98 Å². The van der Waals surface area contributed by atoms with Crippen molar-refractivity contribution < 1.29 is 9.53 Å². The molecule has 2 N–H and O–H groups in total. The van der Waals surface area contributed by atoms with E-state index in [1.54, 1.807) is 11.8 Å². The van der Waals surface area contributed by atoms with Crippen molar-refractivity contribution in [2.75, 3.05) is 17.2 Å². The zero-order chi connectivity index (χ0) is 23.0. The van der Waals surface area contributed by atoms with E-state index >= 15 is 0 Å². The molecule has 0 unspecified atom stereocenters. The number of aryl methyl sites for hydroxylation is 1. The average molecular weight is 498 g/mol. The zero-order valence-corrected chi connectivity index (χ0v) is 20.6. The van der Waals surface area contributed by atoms with Crippen LogP contribution in [-0.4, -0.2) is 27.7 Å². The molecule has 1 amide bonds. The second kappa shape index (κ2) is 11.3. The van der Waals surface area contributed by atoms with Gasteiger partial charge in [-0.3, -0.25) is 4.79 Å². The highest BCUT2D eigenvalue weighted by molar-refractivity contribution is 8.00. The van der Waals surface area contributed by atoms with Gasteiger partial charge in [0, 0.05) is 16.8 Å². The van der Waals surface area contributed by atoms with Crippen LogP contribution in [0.25, 0.3) is 0 Å². The Labute approximate surface area is 204 Å². The lowest BCUT2D eigenvalue weighted by atomic mass is 10.2. The first-order valence-corrected chi connectivity index (χ1v) is 13.0. The number of carbonyl (C=O) groups is 1. The monoisotopic (exact) mass is 497 g/mol. The Morgan fingerprint density at radius 1 is 1.12 bits per heavy atom. The van der Waals surface area contributed by atoms with Crippen molar-refractivity contribution in [1.29, 1.82) is 0 Å². The number of hydrogen-bond donors (Lipinski definition) is 2. The quantitative estimate of drug-likeness (QED) is 0.263. The maximum absolute atomic E-state index is 12.3. The maximum atomic E-state index is 12.3. The number of aromatic nitrogens is 3. The number of ether oxygens (including phenoxy) is 1. The molecule has 0 radical (unpaired) electrons. The van der Waals surface area contributed by atoms with Crippen LogP contribution < -0.4 is 15.4 Å². The summed E-state index contributed by atoms with van der Waals surface area (Å²) in [7, 11) is 0. The minimum Gasteiger partial charge on any atom is -0.492 e. The molecule has 0 aliphatic rings. The smallest absolute Gasteiger partial charge is 0.231 e. The van der Waals surface area contributed by atoms with Crippen molar-refractivity contribution >= 4 is 56.8 Å². The number of anilines is 3. The summed E-state index contributed by atoms with van der Waals surface area (Å²) in [5.74, 6) is 1.38. The van der Waals surface area contributed by atoms with Gasteiger partial charge in [-0.1, -0.05) is 52.9 Å². The van der Waals surface area contributed by atoms with Crippen LogP contribution in [0, 0.1) is 6.92 Å². The van der Waals surface area contributed by atoms with E-state index in [4.69, 9.17) is 4.74 Å². The van der Waals surface area contributed by atoms with E-state index in [-0.39, 0.29) is 12.3 Å². The molecule has 0 bridgehead atoms. The number of hydrogen-bond acceptors (Lipinski definition) is 9. The number of benzene rings is 2. The summed E-state index contributed by atoms with van der Waals surface area (Å²) in [6, 6.07) is 15.5. The number of para-hydroxylation sites is 2. The van der Waals surface area contributed by atoms with E-state index in [0.29, 0.717) is 17.5 Å². The predicted octanol–water partition coefficient (Wildman–Crippen LogP) is 5.92. The largest absolute Gasteiger partial charge is 0.492 e. The minimum atomic E-state index is -0.0698. The van der Waals surface area contributed by atoms with Gasteiger partial charge >= 0.3 is 0 Å². The van der Waals surface area contributed by atoms with Crippen molar-refractivity contribution in [3.05, 3.63) is 70.2 Å². The highest BCUT2D eigenvalue weighted by atomic mass is 32.2. The molecular formula is C23H23N5O2S3. The third-order valence-corrected chi connectivity index (χ3v) is 7.33. The Morgan fingerprint density at radius 2 is 1.94 bits per heavy atom. The van der Waals surface area contributed by atoms with Gasteiger partial charge in [0.25, 0.3) is 0 Å². The molecule has 0 spiro atoms. The van der Waals surface area contributed by atoms with Crippen molar-refractivity contribution in [3.63, 3.8) is 0 Å². The number of amides is 1. The molecule has 2 aromatic heterocycles.